The van der Waals surface area contributed by atoms with E-state index >= 15 is 0 Å². The molecule has 0 fully saturated rings. The van der Waals surface area contributed by atoms with Crippen LogP contribution in [0.5, 0.6) is 5.75 Å². The molecule has 2 atom stereocenters. The SMILES string of the molecule is CC(C)N1CN(C(c2ccccc2)c2cccc(C(F)(F)F)c2)n2ccc(=O)c(O)c2C1O. The molecule has 4 rings (SSSR count). The molecule has 0 saturated carbocycles. The van der Waals surface area contributed by atoms with Crippen molar-refractivity contribution in [3.63, 3.8) is 0 Å². The van der Waals surface area contributed by atoms with Crippen molar-refractivity contribution in [3.8, 4) is 5.75 Å². The summed E-state index contributed by atoms with van der Waals surface area (Å²) in [4.78, 5) is 13.8. The van der Waals surface area contributed by atoms with Crippen LogP contribution < -0.4 is 10.4 Å². The first-order valence-corrected chi connectivity index (χ1v) is 10.5. The number of rotatable bonds is 4. The molecule has 3 aromatic rings. The summed E-state index contributed by atoms with van der Waals surface area (Å²) in [6.45, 7) is 3.82. The van der Waals surface area contributed by atoms with E-state index in [-0.39, 0.29) is 18.4 Å². The van der Waals surface area contributed by atoms with Crippen LogP contribution in [0.25, 0.3) is 0 Å². The summed E-state index contributed by atoms with van der Waals surface area (Å²) < 4.78 is 42.0. The first-order valence-electron chi connectivity index (χ1n) is 10.5. The number of aromatic nitrogens is 1. The van der Waals surface area contributed by atoms with Gasteiger partial charge in [-0.1, -0.05) is 42.5 Å². The Labute approximate surface area is 188 Å². The van der Waals surface area contributed by atoms with Gasteiger partial charge in [0.1, 0.15) is 5.69 Å². The fourth-order valence-electron chi connectivity index (χ4n) is 4.18. The number of hydrogen-bond acceptors (Lipinski definition) is 5. The summed E-state index contributed by atoms with van der Waals surface area (Å²) in [5.74, 6) is -0.601. The lowest BCUT2D eigenvalue weighted by Gasteiger charge is -2.47. The summed E-state index contributed by atoms with van der Waals surface area (Å²) in [5.41, 5.74) is -0.375. The van der Waals surface area contributed by atoms with E-state index in [1.165, 1.54) is 16.9 Å². The second-order valence-corrected chi connectivity index (χ2v) is 8.26. The van der Waals surface area contributed by atoms with Crippen LogP contribution in [-0.2, 0) is 6.18 Å². The van der Waals surface area contributed by atoms with Gasteiger partial charge in [-0.2, -0.15) is 13.2 Å². The zero-order chi connectivity index (χ0) is 23.9. The minimum atomic E-state index is -4.51. The molecule has 33 heavy (non-hydrogen) atoms. The Morgan fingerprint density at radius 3 is 2.30 bits per heavy atom. The maximum absolute atomic E-state index is 13.5. The molecule has 174 valence electrons. The number of halogens is 3. The van der Waals surface area contributed by atoms with Gasteiger partial charge in [0.15, 0.2) is 12.0 Å². The molecule has 1 aliphatic rings. The van der Waals surface area contributed by atoms with Crippen LogP contribution in [0.15, 0.2) is 71.7 Å². The standard InChI is InChI=1S/C24H24F3N3O3/c1-15(2)28-14-30(29-12-11-19(31)22(32)21(29)23(28)33)20(16-7-4-3-5-8-16)17-9-6-10-18(13-17)24(25,26)27/h3-13,15,20,23,32-33H,14H2,1-2H3. The van der Waals surface area contributed by atoms with E-state index in [1.807, 2.05) is 19.9 Å². The Balaban J connectivity index is 1.96. The lowest BCUT2D eigenvalue weighted by molar-refractivity contribution is -0.137. The summed E-state index contributed by atoms with van der Waals surface area (Å²) in [5, 5.41) is 23.2. The van der Waals surface area contributed by atoms with Gasteiger partial charge in [0, 0.05) is 18.3 Å². The molecule has 0 amide bonds. The van der Waals surface area contributed by atoms with Crippen molar-refractivity contribution in [1.29, 1.82) is 0 Å². The van der Waals surface area contributed by atoms with Gasteiger partial charge in [0.2, 0.25) is 5.43 Å². The third kappa shape index (κ3) is 4.21. The van der Waals surface area contributed by atoms with Crippen molar-refractivity contribution in [2.45, 2.75) is 38.3 Å². The van der Waals surface area contributed by atoms with Gasteiger partial charge in [-0.15, -0.1) is 0 Å². The van der Waals surface area contributed by atoms with Crippen LogP contribution in [0.2, 0.25) is 0 Å². The fourth-order valence-corrected chi connectivity index (χ4v) is 4.18. The largest absolute Gasteiger partial charge is 0.503 e. The Hall–Kier alpha value is -3.30. The quantitative estimate of drug-likeness (QED) is 0.618. The summed E-state index contributed by atoms with van der Waals surface area (Å²) in [6.07, 6.45) is -4.37. The molecular weight excluding hydrogens is 435 g/mol. The smallest absolute Gasteiger partial charge is 0.416 e. The molecule has 0 aliphatic carbocycles. The molecule has 2 heterocycles. The number of alkyl halides is 3. The zero-order valence-corrected chi connectivity index (χ0v) is 18.1. The predicted octanol–water partition coefficient (Wildman–Crippen LogP) is 3.97. The normalized spacial score (nSPS) is 17.8. The molecule has 0 radical (unpaired) electrons. The summed E-state index contributed by atoms with van der Waals surface area (Å²) in [6, 6.07) is 14.4. The highest BCUT2D eigenvalue weighted by atomic mass is 19.4. The Morgan fingerprint density at radius 2 is 1.67 bits per heavy atom. The Morgan fingerprint density at radius 1 is 1.00 bits per heavy atom. The van der Waals surface area contributed by atoms with Crippen LogP contribution in [0.3, 0.4) is 0 Å². The Bertz CT molecular complexity index is 1190. The number of aliphatic hydroxyl groups excluding tert-OH is 1. The highest BCUT2D eigenvalue weighted by Gasteiger charge is 2.38. The monoisotopic (exact) mass is 459 g/mol. The molecular formula is C24H24F3N3O3. The molecule has 0 saturated heterocycles. The van der Waals surface area contributed by atoms with Crippen molar-refractivity contribution >= 4 is 0 Å². The van der Waals surface area contributed by atoms with Crippen LogP contribution >= 0.6 is 0 Å². The van der Waals surface area contributed by atoms with Crippen LogP contribution in [0.1, 0.15) is 48.5 Å². The number of fused-ring (bicyclic) bond motifs is 1. The number of aromatic hydroxyl groups is 1. The third-order valence-electron chi connectivity index (χ3n) is 5.84. The van der Waals surface area contributed by atoms with E-state index in [2.05, 4.69) is 0 Å². The number of pyridine rings is 1. The van der Waals surface area contributed by atoms with E-state index in [0.29, 0.717) is 11.1 Å². The summed E-state index contributed by atoms with van der Waals surface area (Å²) >= 11 is 0. The maximum Gasteiger partial charge on any atom is 0.416 e. The topological polar surface area (TPSA) is 68.9 Å². The number of aliphatic hydroxyl groups is 1. The maximum atomic E-state index is 13.5. The second-order valence-electron chi connectivity index (χ2n) is 8.26. The molecule has 1 aromatic heterocycles. The first kappa shape index (κ1) is 22.9. The van der Waals surface area contributed by atoms with Gasteiger partial charge in [-0.25, -0.2) is 0 Å². The van der Waals surface area contributed by atoms with Crippen LogP contribution in [0, 0.1) is 0 Å². The van der Waals surface area contributed by atoms with E-state index in [4.69, 9.17) is 0 Å². The average molecular weight is 459 g/mol. The minimum Gasteiger partial charge on any atom is -0.503 e. The predicted molar refractivity (Wildman–Crippen MR) is 117 cm³/mol. The van der Waals surface area contributed by atoms with Crippen molar-refractivity contribution in [1.82, 2.24) is 9.58 Å². The van der Waals surface area contributed by atoms with Gasteiger partial charge in [0.05, 0.1) is 18.3 Å². The molecule has 0 bridgehead atoms. The molecule has 0 spiro atoms. The fraction of sp³-hybridized carbons (Fsp3) is 0.292. The lowest BCUT2D eigenvalue weighted by atomic mass is 9.96. The van der Waals surface area contributed by atoms with Crippen molar-refractivity contribution in [2.24, 2.45) is 0 Å². The van der Waals surface area contributed by atoms with E-state index in [9.17, 15) is 28.2 Å². The van der Waals surface area contributed by atoms with Crippen LogP contribution in [0.4, 0.5) is 13.2 Å². The number of hydrogen-bond donors (Lipinski definition) is 2. The van der Waals surface area contributed by atoms with Crippen molar-refractivity contribution in [3.05, 3.63) is 99.5 Å². The average Bonchev–Trinajstić information content (AvgIpc) is 2.78. The molecule has 2 aromatic carbocycles. The third-order valence-corrected chi connectivity index (χ3v) is 5.84. The highest BCUT2D eigenvalue weighted by molar-refractivity contribution is 5.41. The van der Waals surface area contributed by atoms with E-state index < -0.39 is 35.2 Å². The molecule has 2 N–H and O–H groups in total. The summed E-state index contributed by atoms with van der Waals surface area (Å²) in [7, 11) is 0. The first-order chi connectivity index (χ1) is 15.6. The van der Waals surface area contributed by atoms with Gasteiger partial charge in [-0.05, 0) is 37.1 Å². The van der Waals surface area contributed by atoms with Crippen molar-refractivity contribution in [2.75, 3.05) is 11.7 Å². The van der Waals surface area contributed by atoms with Gasteiger partial charge in [0.25, 0.3) is 0 Å². The number of nitrogens with zero attached hydrogens (tertiary/aromatic N) is 3. The van der Waals surface area contributed by atoms with Crippen LogP contribution in [-0.4, -0.2) is 32.5 Å². The zero-order valence-electron chi connectivity index (χ0n) is 18.1. The molecule has 9 heteroatoms. The van der Waals surface area contributed by atoms with Gasteiger partial charge >= 0.3 is 6.18 Å². The van der Waals surface area contributed by atoms with E-state index in [1.54, 1.807) is 40.2 Å². The minimum absolute atomic E-state index is 0.0321. The molecule has 1 aliphatic heterocycles. The van der Waals surface area contributed by atoms with Crippen molar-refractivity contribution < 1.29 is 23.4 Å². The molecule has 6 nitrogen and oxygen atoms in total. The highest BCUT2D eigenvalue weighted by Crippen LogP contribution is 2.38. The lowest BCUT2D eigenvalue weighted by Crippen LogP contribution is -2.56. The Kier molecular flexibility index (Phi) is 5.94. The van der Waals surface area contributed by atoms with Gasteiger partial charge in [-0.3, -0.25) is 19.4 Å². The molecule has 2 unspecified atom stereocenters. The number of benzene rings is 2. The van der Waals surface area contributed by atoms with E-state index in [0.717, 1.165) is 18.2 Å². The van der Waals surface area contributed by atoms with Gasteiger partial charge < -0.3 is 10.2 Å². The second kappa shape index (κ2) is 8.57.